The molecule has 0 radical (unpaired) electrons. The van der Waals surface area contributed by atoms with Gasteiger partial charge < -0.3 is 0 Å². The molecule has 0 aliphatic heterocycles. The number of carbonyl (C=O) groups excluding carboxylic acids is 1. The van der Waals surface area contributed by atoms with Crippen LogP contribution in [0.2, 0.25) is 5.02 Å². The molecule has 6 nitrogen and oxygen atoms in total. The zero-order valence-electron chi connectivity index (χ0n) is 14.2. The molecule has 1 amide bonds. The number of nitrogens with one attached hydrogen (secondary N) is 1. The third-order valence-corrected chi connectivity index (χ3v) is 5.87. The lowest BCUT2D eigenvalue weighted by Crippen LogP contribution is -2.43. The first-order chi connectivity index (χ1) is 11.0. The van der Waals surface area contributed by atoms with Gasteiger partial charge in [-0.25, -0.2) is 13.1 Å². The fourth-order valence-electron chi connectivity index (χ4n) is 2.45. The van der Waals surface area contributed by atoms with Crippen LogP contribution in [0.1, 0.15) is 30.8 Å². The molecule has 130 valence electrons. The first-order valence-corrected chi connectivity index (χ1v) is 9.16. The average molecular weight is 370 g/mol. The van der Waals surface area contributed by atoms with E-state index in [1.54, 1.807) is 59.0 Å². The number of carbonyl (C=O) groups is 1. The molecule has 2 rings (SSSR count). The van der Waals surface area contributed by atoms with Gasteiger partial charge in [0.15, 0.2) is 0 Å². The summed E-state index contributed by atoms with van der Waals surface area (Å²) in [5.41, 5.74) is 0.369. The Balaban J connectivity index is 2.37. The molecule has 1 aromatic heterocycles. The molecule has 0 unspecified atom stereocenters. The number of sulfonamides is 1. The standard InChI is InChI=1S/C16H20ClN3O3S/c1-10-14(11(2)20(5)18-10)24(22,23)19-15(21)16(3,4)12-7-6-8-13(17)9-12/h6-9H,1-5H3,(H,19,21). The minimum absolute atomic E-state index is 0.0280. The van der Waals surface area contributed by atoms with Crippen molar-refractivity contribution in [2.45, 2.75) is 38.0 Å². The number of benzene rings is 1. The highest BCUT2D eigenvalue weighted by molar-refractivity contribution is 7.90. The Morgan fingerprint density at radius 2 is 1.92 bits per heavy atom. The van der Waals surface area contributed by atoms with Gasteiger partial charge in [-0.3, -0.25) is 9.48 Å². The Kier molecular flexibility index (Phi) is 4.79. The number of nitrogens with zero attached hydrogens (tertiary/aromatic N) is 2. The summed E-state index contributed by atoms with van der Waals surface area (Å²) in [6.07, 6.45) is 0. The van der Waals surface area contributed by atoms with Crippen LogP contribution in [0.3, 0.4) is 0 Å². The molecular weight excluding hydrogens is 350 g/mol. The lowest BCUT2D eigenvalue weighted by atomic mass is 9.84. The number of halogens is 1. The second-order valence-corrected chi connectivity index (χ2v) is 8.25. The third-order valence-electron chi connectivity index (χ3n) is 4.05. The molecule has 1 aromatic carbocycles. The number of hydrogen-bond donors (Lipinski definition) is 1. The topological polar surface area (TPSA) is 81.1 Å². The predicted octanol–water partition coefficient (Wildman–Crippen LogP) is 2.47. The molecule has 0 fully saturated rings. The zero-order chi connectivity index (χ0) is 18.3. The highest BCUT2D eigenvalue weighted by Crippen LogP contribution is 2.27. The SMILES string of the molecule is Cc1nn(C)c(C)c1S(=O)(=O)NC(=O)C(C)(C)c1cccc(Cl)c1. The van der Waals surface area contributed by atoms with E-state index in [0.717, 1.165) is 0 Å². The van der Waals surface area contributed by atoms with Gasteiger partial charge in [-0.05, 0) is 45.4 Å². The van der Waals surface area contributed by atoms with Crippen LogP contribution in [0.15, 0.2) is 29.2 Å². The van der Waals surface area contributed by atoms with E-state index in [9.17, 15) is 13.2 Å². The number of hydrogen-bond acceptors (Lipinski definition) is 4. The van der Waals surface area contributed by atoms with Crippen molar-refractivity contribution in [1.82, 2.24) is 14.5 Å². The second kappa shape index (κ2) is 6.22. The molecule has 0 aliphatic rings. The van der Waals surface area contributed by atoms with Crippen molar-refractivity contribution in [3.8, 4) is 0 Å². The number of aryl methyl sites for hydroxylation is 2. The summed E-state index contributed by atoms with van der Waals surface area (Å²) >= 11 is 5.97. The predicted molar refractivity (Wildman–Crippen MR) is 92.5 cm³/mol. The highest BCUT2D eigenvalue weighted by Gasteiger charge is 2.35. The quantitative estimate of drug-likeness (QED) is 0.897. The van der Waals surface area contributed by atoms with Gasteiger partial charge in [-0.2, -0.15) is 5.10 Å². The molecule has 0 saturated carbocycles. The van der Waals surface area contributed by atoms with Gasteiger partial charge in [0.25, 0.3) is 10.0 Å². The fourth-order valence-corrected chi connectivity index (χ4v) is 4.19. The molecule has 24 heavy (non-hydrogen) atoms. The first-order valence-electron chi connectivity index (χ1n) is 7.30. The summed E-state index contributed by atoms with van der Waals surface area (Å²) in [7, 11) is -2.37. The van der Waals surface area contributed by atoms with Crippen molar-refractivity contribution in [2.24, 2.45) is 7.05 Å². The van der Waals surface area contributed by atoms with Crippen molar-refractivity contribution in [3.63, 3.8) is 0 Å². The van der Waals surface area contributed by atoms with E-state index in [1.165, 1.54) is 4.68 Å². The van der Waals surface area contributed by atoms with E-state index < -0.39 is 21.3 Å². The maximum atomic E-state index is 12.6. The van der Waals surface area contributed by atoms with Crippen LogP contribution in [-0.4, -0.2) is 24.1 Å². The number of aromatic nitrogens is 2. The Morgan fingerprint density at radius 1 is 1.29 bits per heavy atom. The number of amides is 1. The Hall–Kier alpha value is -1.86. The van der Waals surface area contributed by atoms with Gasteiger partial charge in [0.2, 0.25) is 5.91 Å². The highest BCUT2D eigenvalue weighted by atomic mass is 35.5. The van der Waals surface area contributed by atoms with Crippen molar-refractivity contribution >= 4 is 27.5 Å². The largest absolute Gasteiger partial charge is 0.273 e. The summed E-state index contributed by atoms with van der Waals surface area (Å²) < 4.78 is 28.9. The van der Waals surface area contributed by atoms with Crippen LogP contribution in [0, 0.1) is 13.8 Å². The van der Waals surface area contributed by atoms with E-state index in [0.29, 0.717) is 22.0 Å². The first kappa shape index (κ1) is 18.5. The van der Waals surface area contributed by atoms with Crippen molar-refractivity contribution in [2.75, 3.05) is 0 Å². The summed E-state index contributed by atoms with van der Waals surface area (Å²) in [4.78, 5) is 12.7. The zero-order valence-corrected chi connectivity index (χ0v) is 15.8. The molecule has 0 spiro atoms. The van der Waals surface area contributed by atoms with E-state index in [2.05, 4.69) is 9.82 Å². The smallest absolute Gasteiger partial charge is 0.267 e. The van der Waals surface area contributed by atoms with E-state index in [4.69, 9.17) is 11.6 Å². The van der Waals surface area contributed by atoms with Gasteiger partial charge >= 0.3 is 0 Å². The average Bonchev–Trinajstić information content (AvgIpc) is 2.71. The molecule has 2 aromatic rings. The molecule has 0 atom stereocenters. The molecule has 0 aliphatic carbocycles. The summed E-state index contributed by atoms with van der Waals surface area (Å²) in [5.74, 6) is -0.632. The lowest BCUT2D eigenvalue weighted by molar-refractivity contribution is -0.123. The van der Waals surface area contributed by atoms with E-state index >= 15 is 0 Å². The van der Waals surface area contributed by atoms with Crippen LogP contribution in [-0.2, 0) is 27.3 Å². The molecule has 0 saturated heterocycles. The normalized spacial score (nSPS) is 12.2. The van der Waals surface area contributed by atoms with Crippen molar-refractivity contribution < 1.29 is 13.2 Å². The Bertz CT molecular complexity index is 901. The van der Waals surface area contributed by atoms with Crippen LogP contribution in [0.4, 0.5) is 0 Å². The minimum Gasteiger partial charge on any atom is -0.273 e. The van der Waals surface area contributed by atoms with E-state index in [1.807, 2.05) is 0 Å². The number of rotatable bonds is 4. The van der Waals surface area contributed by atoms with Gasteiger partial charge in [-0.1, -0.05) is 23.7 Å². The molecular formula is C16H20ClN3O3S. The van der Waals surface area contributed by atoms with Gasteiger partial charge in [0, 0.05) is 12.1 Å². The molecule has 1 heterocycles. The van der Waals surface area contributed by atoms with Crippen LogP contribution in [0.5, 0.6) is 0 Å². The van der Waals surface area contributed by atoms with Gasteiger partial charge in [0.1, 0.15) is 4.90 Å². The monoisotopic (exact) mass is 369 g/mol. The van der Waals surface area contributed by atoms with E-state index in [-0.39, 0.29) is 4.90 Å². The second-order valence-electron chi connectivity index (χ2n) is 6.19. The van der Waals surface area contributed by atoms with Crippen LogP contribution in [0.25, 0.3) is 0 Å². The summed E-state index contributed by atoms with van der Waals surface area (Å²) in [5, 5.41) is 4.57. The van der Waals surface area contributed by atoms with Gasteiger partial charge in [-0.15, -0.1) is 0 Å². The summed E-state index contributed by atoms with van der Waals surface area (Å²) in [6, 6.07) is 6.79. The molecule has 1 N–H and O–H groups in total. The minimum atomic E-state index is -4.02. The Morgan fingerprint density at radius 3 is 2.42 bits per heavy atom. The molecule has 8 heteroatoms. The van der Waals surface area contributed by atoms with Crippen LogP contribution >= 0.6 is 11.6 Å². The maximum Gasteiger partial charge on any atom is 0.267 e. The van der Waals surface area contributed by atoms with Gasteiger partial charge in [0.05, 0.1) is 16.8 Å². The third kappa shape index (κ3) is 3.32. The maximum absolute atomic E-state index is 12.6. The lowest BCUT2D eigenvalue weighted by Gasteiger charge is -2.24. The fraction of sp³-hybridized carbons (Fsp3) is 0.375. The Labute approximate surface area is 146 Å². The van der Waals surface area contributed by atoms with Crippen molar-refractivity contribution in [1.29, 1.82) is 0 Å². The van der Waals surface area contributed by atoms with Crippen molar-refractivity contribution in [3.05, 3.63) is 46.2 Å². The summed E-state index contributed by atoms with van der Waals surface area (Å²) in [6.45, 7) is 6.52. The molecule has 0 bridgehead atoms. The van der Waals surface area contributed by atoms with Crippen LogP contribution < -0.4 is 4.72 Å².